The number of unbranched alkanes of at least 4 members (excludes halogenated alkanes) is 35. The van der Waals surface area contributed by atoms with Crippen molar-refractivity contribution in [3.05, 3.63) is 36.5 Å². The van der Waals surface area contributed by atoms with Crippen LogP contribution < -0.4 is 0 Å². The van der Waals surface area contributed by atoms with Gasteiger partial charge in [0.2, 0.25) is 0 Å². The van der Waals surface area contributed by atoms with Crippen molar-refractivity contribution >= 4 is 17.9 Å². The molecule has 0 saturated heterocycles. The number of carbonyl (C=O) groups is 3. The fourth-order valence-corrected chi connectivity index (χ4v) is 8.28. The van der Waals surface area contributed by atoms with Gasteiger partial charge in [0, 0.05) is 19.3 Å². The lowest BCUT2D eigenvalue weighted by Crippen LogP contribution is -2.30. The van der Waals surface area contributed by atoms with Crippen molar-refractivity contribution in [3.8, 4) is 0 Å². The van der Waals surface area contributed by atoms with Crippen molar-refractivity contribution in [1.82, 2.24) is 0 Å². The lowest BCUT2D eigenvalue weighted by atomic mass is 10.0. The molecule has 0 saturated carbocycles. The Bertz CT molecular complexity index is 1090. The molecule has 6 nitrogen and oxygen atoms in total. The first-order valence-corrected chi connectivity index (χ1v) is 28.5. The van der Waals surface area contributed by atoms with Crippen molar-refractivity contribution in [2.45, 2.75) is 309 Å². The van der Waals surface area contributed by atoms with Gasteiger partial charge in [0.15, 0.2) is 6.10 Å². The van der Waals surface area contributed by atoms with E-state index in [0.717, 1.165) is 83.5 Å². The van der Waals surface area contributed by atoms with Gasteiger partial charge in [0.25, 0.3) is 0 Å². The van der Waals surface area contributed by atoms with Gasteiger partial charge >= 0.3 is 17.9 Å². The molecule has 0 aliphatic heterocycles. The zero-order valence-electron chi connectivity index (χ0n) is 43.5. The second-order valence-electron chi connectivity index (χ2n) is 19.2. The highest BCUT2D eigenvalue weighted by atomic mass is 16.6. The predicted molar refractivity (Wildman–Crippen MR) is 279 cm³/mol. The van der Waals surface area contributed by atoms with E-state index in [0.29, 0.717) is 19.3 Å². The third kappa shape index (κ3) is 52.5. The van der Waals surface area contributed by atoms with Crippen LogP contribution in [-0.4, -0.2) is 37.2 Å². The summed E-state index contributed by atoms with van der Waals surface area (Å²) in [5.74, 6) is -0.883. The van der Waals surface area contributed by atoms with Gasteiger partial charge in [0.1, 0.15) is 13.2 Å². The summed E-state index contributed by atoms with van der Waals surface area (Å²) in [5, 5.41) is 0. The number of hydrogen-bond donors (Lipinski definition) is 0. The van der Waals surface area contributed by atoms with Gasteiger partial charge in [-0.05, 0) is 70.6 Å². The molecule has 0 unspecified atom stereocenters. The van der Waals surface area contributed by atoms with Crippen LogP contribution in [0.25, 0.3) is 0 Å². The van der Waals surface area contributed by atoms with Crippen LogP contribution in [0.4, 0.5) is 0 Å². The maximum Gasteiger partial charge on any atom is 0.306 e. The summed E-state index contributed by atoms with van der Waals surface area (Å²) in [4.78, 5) is 38.1. The molecule has 0 aliphatic carbocycles. The van der Waals surface area contributed by atoms with Crippen LogP contribution in [0, 0.1) is 0 Å². The number of hydrogen-bond acceptors (Lipinski definition) is 6. The summed E-state index contributed by atoms with van der Waals surface area (Å²) >= 11 is 0. The van der Waals surface area contributed by atoms with Crippen molar-refractivity contribution in [2.24, 2.45) is 0 Å². The minimum absolute atomic E-state index is 0.0765. The van der Waals surface area contributed by atoms with Gasteiger partial charge in [-0.15, -0.1) is 0 Å². The van der Waals surface area contributed by atoms with Gasteiger partial charge < -0.3 is 14.2 Å². The molecule has 1 atom stereocenters. The first-order valence-electron chi connectivity index (χ1n) is 28.5. The summed E-state index contributed by atoms with van der Waals surface area (Å²) in [6.07, 6.45) is 64.1. The summed E-state index contributed by atoms with van der Waals surface area (Å²) in [7, 11) is 0. The van der Waals surface area contributed by atoms with E-state index in [-0.39, 0.29) is 31.1 Å². The highest BCUT2D eigenvalue weighted by Crippen LogP contribution is 2.16. The zero-order chi connectivity index (χ0) is 47.2. The number of allylic oxidation sites excluding steroid dienone is 6. The topological polar surface area (TPSA) is 78.9 Å². The predicted octanol–water partition coefficient (Wildman–Crippen LogP) is 18.9. The fraction of sp³-hybridized carbons (Fsp3) is 0.847. The smallest absolute Gasteiger partial charge is 0.306 e. The van der Waals surface area contributed by atoms with Crippen LogP contribution in [0.5, 0.6) is 0 Å². The second kappa shape index (κ2) is 54.2. The normalized spacial score (nSPS) is 12.2. The van der Waals surface area contributed by atoms with E-state index in [1.807, 2.05) is 0 Å². The first-order chi connectivity index (χ1) is 32.0. The standard InChI is InChI=1S/C59H108O6/c1-4-7-10-13-16-19-22-25-28-30-32-34-37-40-43-46-49-52-58(61)64-55-56(54-63-57(60)51-48-45-42-39-36-33-27-24-21-18-15-12-9-6-3)65-59(62)53-50-47-44-41-38-35-31-29-26-23-20-17-14-11-8-5-2/h15,18,24,27,29,31,56H,4-14,16-17,19-23,25-26,28,30,32-55H2,1-3H3/b18-15-,27-24-,31-29-/t56-/m1/s1. The third-order valence-electron chi connectivity index (χ3n) is 12.6. The molecule has 0 spiro atoms. The second-order valence-corrected chi connectivity index (χ2v) is 19.2. The van der Waals surface area contributed by atoms with Crippen LogP contribution in [-0.2, 0) is 28.6 Å². The molecule has 65 heavy (non-hydrogen) atoms. The van der Waals surface area contributed by atoms with Crippen LogP contribution in [0.2, 0.25) is 0 Å². The first kappa shape index (κ1) is 62.6. The SMILES string of the molecule is CCCC/C=C\C/C=C\CCCCCCCC(=O)OC[C@H](COC(=O)CCCCCCCCCCCCCCCCCCC)OC(=O)CCCCCCC/C=C\CCCCCCCCC. The fourth-order valence-electron chi connectivity index (χ4n) is 8.28. The van der Waals surface area contributed by atoms with Gasteiger partial charge in [-0.3, -0.25) is 14.4 Å². The molecule has 6 heteroatoms. The Morgan fingerprint density at radius 1 is 0.308 bits per heavy atom. The Hall–Kier alpha value is -2.37. The van der Waals surface area contributed by atoms with E-state index in [9.17, 15) is 14.4 Å². The van der Waals surface area contributed by atoms with E-state index >= 15 is 0 Å². The van der Waals surface area contributed by atoms with E-state index in [4.69, 9.17) is 14.2 Å². The number of rotatable bonds is 52. The van der Waals surface area contributed by atoms with Crippen LogP contribution in [0.15, 0.2) is 36.5 Å². The summed E-state index contributed by atoms with van der Waals surface area (Å²) in [5.41, 5.74) is 0. The molecule has 0 rings (SSSR count). The lowest BCUT2D eigenvalue weighted by molar-refractivity contribution is -0.167. The van der Waals surface area contributed by atoms with Gasteiger partial charge in [-0.25, -0.2) is 0 Å². The molecule has 380 valence electrons. The van der Waals surface area contributed by atoms with Crippen molar-refractivity contribution in [2.75, 3.05) is 13.2 Å². The maximum atomic E-state index is 12.8. The number of ether oxygens (including phenoxy) is 3. The van der Waals surface area contributed by atoms with E-state index in [1.54, 1.807) is 0 Å². The molecule has 0 amide bonds. The molecule has 0 aliphatic rings. The van der Waals surface area contributed by atoms with Crippen LogP contribution in [0.3, 0.4) is 0 Å². The van der Waals surface area contributed by atoms with E-state index in [2.05, 4.69) is 57.2 Å². The molecule has 0 aromatic carbocycles. The quantitative estimate of drug-likeness (QED) is 0.0262. The van der Waals surface area contributed by atoms with Crippen molar-refractivity contribution in [3.63, 3.8) is 0 Å². The molecular weight excluding hydrogens is 805 g/mol. The molecule has 0 bridgehead atoms. The largest absolute Gasteiger partial charge is 0.462 e. The third-order valence-corrected chi connectivity index (χ3v) is 12.6. The number of esters is 3. The summed E-state index contributed by atoms with van der Waals surface area (Å²) in [6.45, 7) is 6.62. The molecule has 0 fully saturated rings. The van der Waals surface area contributed by atoms with Crippen molar-refractivity contribution < 1.29 is 28.6 Å². The molecule has 0 radical (unpaired) electrons. The number of carbonyl (C=O) groups excluding carboxylic acids is 3. The van der Waals surface area contributed by atoms with E-state index < -0.39 is 6.10 Å². The Labute approximate surface area is 404 Å². The summed E-state index contributed by atoms with van der Waals surface area (Å²) < 4.78 is 16.9. The monoisotopic (exact) mass is 913 g/mol. The zero-order valence-corrected chi connectivity index (χ0v) is 43.5. The molecule has 0 N–H and O–H groups in total. The van der Waals surface area contributed by atoms with Gasteiger partial charge in [-0.2, -0.15) is 0 Å². The van der Waals surface area contributed by atoms with Crippen LogP contribution in [0.1, 0.15) is 303 Å². The highest BCUT2D eigenvalue weighted by molar-refractivity contribution is 5.71. The average Bonchev–Trinajstić information content (AvgIpc) is 3.30. The van der Waals surface area contributed by atoms with Gasteiger partial charge in [-0.1, -0.05) is 250 Å². The average molecular weight is 914 g/mol. The molecule has 0 heterocycles. The Kier molecular flexibility index (Phi) is 52.3. The Morgan fingerprint density at radius 2 is 0.569 bits per heavy atom. The minimum Gasteiger partial charge on any atom is -0.462 e. The molecule has 0 aromatic heterocycles. The van der Waals surface area contributed by atoms with Gasteiger partial charge in [0.05, 0.1) is 0 Å². The Morgan fingerprint density at radius 3 is 0.908 bits per heavy atom. The Balaban J connectivity index is 4.36. The highest BCUT2D eigenvalue weighted by Gasteiger charge is 2.19. The minimum atomic E-state index is -0.779. The molecule has 0 aromatic rings. The van der Waals surface area contributed by atoms with Crippen molar-refractivity contribution in [1.29, 1.82) is 0 Å². The summed E-state index contributed by atoms with van der Waals surface area (Å²) in [6, 6.07) is 0. The molecular formula is C59H108O6. The lowest BCUT2D eigenvalue weighted by Gasteiger charge is -2.18. The van der Waals surface area contributed by atoms with E-state index in [1.165, 1.54) is 180 Å². The maximum absolute atomic E-state index is 12.8. The van der Waals surface area contributed by atoms with Crippen LogP contribution >= 0.6 is 0 Å².